The van der Waals surface area contributed by atoms with Crippen LogP contribution in [0.2, 0.25) is 0 Å². The first-order valence-electron chi connectivity index (χ1n) is 5.77. The van der Waals surface area contributed by atoms with Crippen LogP contribution in [0.5, 0.6) is 0 Å². The topological polar surface area (TPSA) is 43.8 Å². The van der Waals surface area contributed by atoms with E-state index >= 15 is 0 Å². The van der Waals surface area contributed by atoms with Crippen molar-refractivity contribution in [3.05, 3.63) is 18.2 Å². The highest BCUT2D eigenvalue weighted by Crippen LogP contribution is 2.19. The highest BCUT2D eigenvalue weighted by molar-refractivity contribution is 5.02. The number of aromatic nitrogens is 2. The van der Waals surface area contributed by atoms with Crippen LogP contribution in [0.3, 0.4) is 0 Å². The summed E-state index contributed by atoms with van der Waals surface area (Å²) in [6.45, 7) is 9.54. The smallest absolute Gasteiger partial charge is 0.0951 e. The van der Waals surface area contributed by atoms with Crippen molar-refractivity contribution in [2.75, 3.05) is 6.54 Å². The highest BCUT2D eigenvalue weighted by Gasteiger charge is 2.16. The summed E-state index contributed by atoms with van der Waals surface area (Å²) in [4.78, 5) is 4.23. The fraction of sp³-hybridized carbons (Fsp3) is 0.750. The molecule has 0 aliphatic rings. The van der Waals surface area contributed by atoms with E-state index in [4.69, 9.17) is 5.73 Å². The Bertz CT molecular complexity index is 289. The van der Waals surface area contributed by atoms with Crippen LogP contribution in [0.15, 0.2) is 12.5 Å². The van der Waals surface area contributed by atoms with Crippen molar-refractivity contribution in [2.45, 2.75) is 40.2 Å². The SMILES string of the molecule is CC(C)Cc1cncn1C(CN)C(C)C. The Labute approximate surface area is 92.7 Å². The lowest BCUT2D eigenvalue weighted by molar-refractivity contribution is 0.372. The van der Waals surface area contributed by atoms with E-state index in [2.05, 4.69) is 37.2 Å². The number of hydrogen-bond donors (Lipinski definition) is 1. The number of rotatable bonds is 5. The van der Waals surface area contributed by atoms with E-state index in [1.807, 2.05) is 12.5 Å². The van der Waals surface area contributed by atoms with Gasteiger partial charge in [-0.15, -0.1) is 0 Å². The maximum absolute atomic E-state index is 5.82. The minimum atomic E-state index is 0.376. The van der Waals surface area contributed by atoms with E-state index in [9.17, 15) is 0 Å². The molecule has 0 spiro atoms. The summed E-state index contributed by atoms with van der Waals surface area (Å²) in [5.74, 6) is 1.21. The Kier molecular flexibility index (Phi) is 4.33. The van der Waals surface area contributed by atoms with Crippen LogP contribution in [0.1, 0.15) is 39.4 Å². The number of nitrogens with two attached hydrogens (primary N) is 1. The number of imidazole rings is 1. The monoisotopic (exact) mass is 209 g/mol. The molecule has 3 heteroatoms. The molecule has 2 N–H and O–H groups in total. The largest absolute Gasteiger partial charge is 0.330 e. The van der Waals surface area contributed by atoms with Crippen LogP contribution >= 0.6 is 0 Å². The van der Waals surface area contributed by atoms with Gasteiger partial charge in [-0.3, -0.25) is 0 Å². The van der Waals surface area contributed by atoms with E-state index < -0.39 is 0 Å². The summed E-state index contributed by atoms with van der Waals surface area (Å²) in [5, 5.41) is 0. The molecule has 0 aliphatic carbocycles. The van der Waals surface area contributed by atoms with Crippen molar-refractivity contribution in [3.63, 3.8) is 0 Å². The Morgan fingerprint density at radius 3 is 2.47 bits per heavy atom. The molecule has 1 atom stereocenters. The number of hydrogen-bond acceptors (Lipinski definition) is 2. The second kappa shape index (κ2) is 5.31. The van der Waals surface area contributed by atoms with Crippen molar-refractivity contribution in [1.29, 1.82) is 0 Å². The summed E-state index contributed by atoms with van der Waals surface area (Å²) in [7, 11) is 0. The molecule has 1 unspecified atom stereocenters. The van der Waals surface area contributed by atoms with Crippen LogP contribution in [0.25, 0.3) is 0 Å². The van der Waals surface area contributed by atoms with Gasteiger partial charge in [0.05, 0.1) is 6.33 Å². The fourth-order valence-corrected chi connectivity index (χ4v) is 1.91. The quantitative estimate of drug-likeness (QED) is 0.808. The minimum Gasteiger partial charge on any atom is -0.330 e. The summed E-state index contributed by atoms with van der Waals surface area (Å²) in [5.41, 5.74) is 7.12. The zero-order valence-electron chi connectivity index (χ0n) is 10.3. The predicted molar refractivity (Wildman–Crippen MR) is 63.7 cm³/mol. The van der Waals surface area contributed by atoms with Crippen LogP contribution in [0, 0.1) is 11.8 Å². The third-order valence-corrected chi connectivity index (χ3v) is 2.73. The second-order valence-electron chi connectivity index (χ2n) is 4.94. The average molecular weight is 209 g/mol. The molecule has 0 aromatic carbocycles. The first-order chi connectivity index (χ1) is 7.06. The molecule has 1 heterocycles. The summed E-state index contributed by atoms with van der Waals surface area (Å²) in [6, 6.07) is 0.376. The third-order valence-electron chi connectivity index (χ3n) is 2.73. The van der Waals surface area contributed by atoms with Gasteiger partial charge in [-0.2, -0.15) is 0 Å². The highest BCUT2D eigenvalue weighted by atomic mass is 15.1. The molecule has 0 aliphatic heterocycles. The molecular formula is C12H23N3. The summed E-state index contributed by atoms with van der Waals surface area (Å²) >= 11 is 0. The van der Waals surface area contributed by atoms with Crippen molar-refractivity contribution >= 4 is 0 Å². The molecule has 1 rings (SSSR count). The predicted octanol–water partition coefficient (Wildman–Crippen LogP) is 2.24. The lowest BCUT2D eigenvalue weighted by atomic mass is 10.0. The van der Waals surface area contributed by atoms with Crippen LogP contribution < -0.4 is 5.73 Å². The van der Waals surface area contributed by atoms with Crippen LogP contribution in [-0.4, -0.2) is 16.1 Å². The first-order valence-corrected chi connectivity index (χ1v) is 5.77. The van der Waals surface area contributed by atoms with Crippen LogP contribution in [0.4, 0.5) is 0 Å². The molecule has 0 saturated heterocycles. The zero-order chi connectivity index (χ0) is 11.4. The fourth-order valence-electron chi connectivity index (χ4n) is 1.91. The zero-order valence-corrected chi connectivity index (χ0v) is 10.3. The third kappa shape index (κ3) is 3.06. The Hall–Kier alpha value is -0.830. The van der Waals surface area contributed by atoms with Gasteiger partial charge in [0, 0.05) is 24.5 Å². The van der Waals surface area contributed by atoms with Crippen molar-refractivity contribution < 1.29 is 0 Å². The maximum atomic E-state index is 5.82. The lowest BCUT2D eigenvalue weighted by Gasteiger charge is -2.23. The molecule has 1 aromatic heterocycles. The molecule has 0 saturated carbocycles. The van der Waals surface area contributed by atoms with Gasteiger partial charge in [-0.05, 0) is 18.3 Å². The van der Waals surface area contributed by atoms with Gasteiger partial charge in [0.2, 0.25) is 0 Å². The van der Waals surface area contributed by atoms with Gasteiger partial charge < -0.3 is 10.3 Å². The van der Waals surface area contributed by atoms with Gasteiger partial charge in [0.1, 0.15) is 0 Å². The molecule has 86 valence electrons. The summed E-state index contributed by atoms with van der Waals surface area (Å²) in [6.07, 6.45) is 4.95. The minimum absolute atomic E-state index is 0.376. The average Bonchev–Trinajstić information content (AvgIpc) is 2.53. The van der Waals surface area contributed by atoms with Gasteiger partial charge in [0.25, 0.3) is 0 Å². The van der Waals surface area contributed by atoms with E-state index in [0.717, 1.165) is 6.42 Å². The van der Waals surface area contributed by atoms with Gasteiger partial charge in [0.15, 0.2) is 0 Å². The Morgan fingerprint density at radius 2 is 2.00 bits per heavy atom. The normalized spacial score (nSPS) is 13.8. The lowest BCUT2D eigenvalue weighted by Crippen LogP contribution is -2.25. The molecular weight excluding hydrogens is 186 g/mol. The Morgan fingerprint density at radius 1 is 1.33 bits per heavy atom. The second-order valence-corrected chi connectivity index (χ2v) is 4.94. The van der Waals surface area contributed by atoms with Crippen molar-refractivity contribution in [3.8, 4) is 0 Å². The maximum Gasteiger partial charge on any atom is 0.0951 e. The van der Waals surface area contributed by atoms with E-state index in [1.54, 1.807) is 0 Å². The number of nitrogens with zero attached hydrogens (tertiary/aromatic N) is 2. The molecule has 0 amide bonds. The summed E-state index contributed by atoms with van der Waals surface area (Å²) < 4.78 is 2.24. The van der Waals surface area contributed by atoms with Gasteiger partial charge in [-0.25, -0.2) is 4.98 Å². The van der Waals surface area contributed by atoms with Crippen molar-refractivity contribution in [2.24, 2.45) is 17.6 Å². The molecule has 1 aromatic rings. The molecule has 0 fully saturated rings. The Balaban J connectivity index is 2.87. The molecule has 3 nitrogen and oxygen atoms in total. The molecule has 0 bridgehead atoms. The molecule has 15 heavy (non-hydrogen) atoms. The van der Waals surface area contributed by atoms with Gasteiger partial charge in [-0.1, -0.05) is 27.7 Å². The van der Waals surface area contributed by atoms with E-state index in [-0.39, 0.29) is 0 Å². The van der Waals surface area contributed by atoms with Crippen LogP contribution in [-0.2, 0) is 6.42 Å². The first kappa shape index (κ1) is 12.2. The van der Waals surface area contributed by atoms with Crippen molar-refractivity contribution in [1.82, 2.24) is 9.55 Å². The van der Waals surface area contributed by atoms with E-state index in [1.165, 1.54) is 5.69 Å². The van der Waals surface area contributed by atoms with Gasteiger partial charge >= 0.3 is 0 Å². The standard InChI is InChI=1S/C12H23N3/c1-9(2)5-11-7-14-8-15(11)12(6-13)10(3)4/h7-10,12H,5-6,13H2,1-4H3. The van der Waals surface area contributed by atoms with E-state index in [0.29, 0.717) is 24.4 Å². The molecule has 0 radical (unpaired) electrons.